The fourth-order valence-corrected chi connectivity index (χ4v) is 2.98. The second kappa shape index (κ2) is 7.88. The predicted molar refractivity (Wildman–Crippen MR) is 105 cm³/mol. The van der Waals surface area contributed by atoms with Gasteiger partial charge in [0.05, 0.1) is 0 Å². The van der Waals surface area contributed by atoms with E-state index in [2.05, 4.69) is 11.9 Å². The van der Waals surface area contributed by atoms with Crippen molar-refractivity contribution in [3.63, 3.8) is 0 Å². The molecule has 3 N–H and O–H groups in total. The van der Waals surface area contributed by atoms with E-state index in [0.717, 1.165) is 34.5 Å². The molecule has 1 aromatic heterocycles. The van der Waals surface area contributed by atoms with Crippen molar-refractivity contribution in [2.45, 2.75) is 40.8 Å². The van der Waals surface area contributed by atoms with Crippen molar-refractivity contribution in [1.82, 2.24) is 9.88 Å². The standard InChI is InChI=1S/C21H27N3O/c1-6-8-18-12-17(9-10-19(18)15(4)22)13-23-21(25)20-11-14(3)16(5)24(20)7-2/h6,8-12H,4,7,13,22H2,1-3,5H3,(H,23,25)/b8-6-. The van der Waals surface area contributed by atoms with E-state index in [-0.39, 0.29) is 5.91 Å². The van der Waals surface area contributed by atoms with Gasteiger partial charge in [0, 0.05) is 30.0 Å². The van der Waals surface area contributed by atoms with Crippen LogP contribution in [-0.4, -0.2) is 10.5 Å². The molecule has 0 bridgehead atoms. The molecule has 0 spiro atoms. The van der Waals surface area contributed by atoms with E-state index in [9.17, 15) is 4.79 Å². The van der Waals surface area contributed by atoms with Crippen LogP contribution in [0.25, 0.3) is 11.8 Å². The van der Waals surface area contributed by atoms with Gasteiger partial charge in [-0.3, -0.25) is 4.79 Å². The number of nitrogens with zero attached hydrogens (tertiary/aromatic N) is 1. The summed E-state index contributed by atoms with van der Waals surface area (Å²) in [5.74, 6) is -0.0575. The fourth-order valence-electron chi connectivity index (χ4n) is 2.98. The number of nitrogens with two attached hydrogens (primary N) is 1. The summed E-state index contributed by atoms with van der Waals surface area (Å²) in [6.45, 7) is 13.1. The maximum atomic E-state index is 12.6. The van der Waals surface area contributed by atoms with Gasteiger partial charge in [-0.2, -0.15) is 0 Å². The normalized spacial score (nSPS) is 11.0. The summed E-state index contributed by atoms with van der Waals surface area (Å²) in [7, 11) is 0. The maximum Gasteiger partial charge on any atom is 0.268 e. The first kappa shape index (κ1) is 18.6. The summed E-state index contributed by atoms with van der Waals surface area (Å²) in [4.78, 5) is 12.6. The summed E-state index contributed by atoms with van der Waals surface area (Å²) in [5.41, 5.74) is 12.3. The SMILES string of the molecule is C=C(N)c1ccc(CNC(=O)c2cc(C)c(C)n2CC)cc1/C=C\C. The lowest BCUT2D eigenvalue weighted by Crippen LogP contribution is -2.25. The third-order valence-corrected chi connectivity index (χ3v) is 4.43. The zero-order valence-corrected chi connectivity index (χ0v) is 15.5. The number of carbonyl (C=O) groups excluding carboxylic acids is 1. The first-order valence-corrected chi connectivity index (χ1v) is 8.54. The zero-order chi connectivity index (χ0) is 18.6. The molecule has 4 nitrogen and oxygen atoms in total. The molecule has 2 aromatic rings. The van der Waals surface area contributed by atoms with E-state index >= 15 is 0 Å². The second-order valence-electron chi connectivity index (χ2n) is 6.17. The largest absolute Gasteiger partial charge is 0.399 e. The van der Waals surface area contributed by atoms with Crippen molar-refractivity contribution in [2.24, 2.45) is 5.73 Å². The molecule has 0 saturated carbocycles. The molecule has 1 aromatic carbocycles. The smallest absolute Gasteiger partial charge is 0.268 e. The molecule has 0 unspecified atom stereocenters. The molecule has 0 aliphatic heterocycles. The third-order valence-electron chi connectivity index (χ3n) is 4.43. The number of hydrogen-bond acceptors (Lipinski definition) is 2. The molecule has 132 valence electrons. The van der Waals surface area contributed by atoms with Crippen LogP contribution in [0.1, 0.15) is 52.3 Å². The molecule has 1 heterocycles. The van der Waals surface area contributed by atoms with Crippen LogP contribution in [0.2, 0.25) is 0 Å². The van der Waals surface area contributed by atoms with Gasteiger partial charge < -0.3 is 15.6 Å². The molecule has 0 aliphatic carbocycles. The van der Waals surface area contributed by atoms with Crippen LogP contribution in [0.4, 0.5) is 0 Å². The van der Waals surface area contributed by atoms with Gasteiger partial charge in [0.1, 0.15) is 5.69 Å². The maximum absolute atomic E-state index is 12.6. The second-order valence-corrected chi connectivity index (χ2v) is 6.17. The van der Waals surface area contributed by atoms with E-state index in [1.807, 2.05) is 68.7 Å². The molecule has 25 heavy (non-hydrogen) atoms. The lowest BCUT2D eigenvalue weighted by Gasteiger charge is -2.11. The van der Waals surface area contributed by atoms with Crippen molar-refractivity contribution in [2.75, 3.05) is 0 Å². The Morgan fingerprint density at radius 1 is 1.32 bits per heavy atom. The summed E-state index contributed by atoms with van der Waals surface area (Å²) in [6, 6.07) is 7.89. The Labute approximate surface area is 150 Å². The molecule has 0 radical (unpaired) electrons. The van der Waals surface area contributed by atoms with Crippen LogP contribution in [0.15, 0.2) is 36.9 Å². The molecular formula is C21H27N3O. The minimum absolute atomic E-state index is 0.0575. The Balaban J connectivity index is 2.19. The number of aromatic nitrogens is 1. The summed E-state index contributed by atoms with van der Waals surface area (Å²) in [5, 5.41) is 3.01. The molecular weight excluding hydrogens is 310 g/mol. The van der Waals surface area contributed by atoms with Gasteiger partial charge in [0.2, 0.25) is 0 Å². The van der Waals surface area contributed by atoms with Gasteiger partial charge in [-0.15, -0.1) is 0 Å². The highest BCUT2D eigenvalue weighted by atomic mass is 16.1. The third kappa shape index (κ3) is 4.02. The van der Waals surface area contributed by atoms with E-state index in [4.69, 9.17) is 5.73 Å². The monoisotopic (exact) mass is 337 g/mol. The summed E-state index contributed by atoms with van der Waals surface area (Å²) < 4.78 is 2.04. The van der Waals surface area contributed by atoms with Crippen molar-refractivity contribution < 1.29 is 4.79 Å². The van der Waals surface area contributed by atoms with E-state index < -0.39 is 0 Å². The van der Waals surface area contributed by atoms with Crippen LogP contribution in [0, 0.1) is 13.8 Å². The van der Waals surface area contributed by atoms with Gasteiger partial charge in [0.15, 0.2) is 0 Å². The molecule has 0 fully saturated rings. The van der Waals surface area contributed by atoms with Gasteiger partial charge in [-0.05, 0) is 56.5 Å². The van der Waals surface area contributed by atoms with Gasteiger partial charge in [-0.25, -0.2) is 0 Å². The Hall–Kier alpha value is -2.75. The molecule has 1 amide bonds. The molecule has 0 aliphatic rings. The van der Waals surface area contributed by atoms with Crippen LogP contribution in [0.5, 0.6) is 0 Å². The number of amides is 1. The number of hydrogen-bond donors (Lipinski definition) is 2. The van der Waals surface area contributed by atoms with E-state index in [0.29, 0.717) is 17.9 Å². The Bertz CT molecular complexity index is 828. The van der Waals surface area contributed by atoms with Gasteiger partial charge >= 0.3 is 0 Å². The van der Waals surface area contributed by atoms with Gasteiger partial charge in [-0.1, -0.05) is 30.9 Å². The number of allylic oxidation sites excluding steroid dienone is 1. The first-order valence-electron chi connectivity index (χ1n) is 8.54. The Morgan fingerprint density at radius 2 is 2.04 bits per heavy atom. The van der Waals surface area contributed by atoms with Crippen molar-refractivity contribution >= 4 is 17.7 Å². The van der Waals surface area contributed by atoms with Crippen LogP contribution < -0.4 is 11.1 Å². The number of benzene rings is 1. The number of nitrogens with one attached hydrogen (secondary N) is 1. The van der Waals surface area contributed by atoms with E-state index in [1.165, 1.54) is 0 Å². The Morgan fingerprint density at radius 3 is 2.64 bits per heavy atom. The average molecular weight is 337 g/mol. The van der Waals surface area contributed by atoms with Crippen LogP contribution >= 0.6 is 0 Å². The number of aryl methyl sites for hydroxylation is 1. The summed E-state index contributed by atoms with van der Waals surface area (Å²) in [6.07, 6.45) is 3.96. The fraction of sp³-hybridized carbons (Fsp3) is 0.286. The topological polar surface area (TPSA) is 60.0 Å². The van der Waals surface area contributed by atoms with Crippen molar-refractivity contribution in [3.8, 4) is 0 Å². The summed E-state index contributed by atoms with van der Waals surface area (Å²) >= 11 is 0. The minimum atomic E-state index is -0.0575. The Kier molecular flexibility index (Phi) is 5.86. The number of carbonyl (C=O) groups is 1. The van der Waals surface area contributed by atoms with Crippen LogP contribution in [0.3, 0.4) is 0 Å². The minimum Gasteiger partial charge on any atom is -0.399 e. The highest BCUT2D eigenvalue weighted by Gasteiger charge is 2.14. The first-order chi connectivity index (χ1) is 11.9. The van der Waals surface area contributed by atoms with Gasteiger partial charge in [0.25, 0.3) is 5.91 Å². The average Bonchev–Trinajstić information content (AvgIpc) is 2.87. The lowest BCUT2D eigenvalue weighted by atomic mass is 10.0. The number of rotatable bonds is 6. The quantitative estimate of drug-likeness (QED) is 0.836. The van der Waals surface area contributed by atoms with Crippen molar-refractivity contribution in [1.29, 1.82) is 0 Å². The predicted octanol–water partition coefficient (Wildman–Crippen LogP) is 4.02. The van der Waals surface area contributed by atoms with Crippen molar-refractivity contribution in [3.05, 3.63) is 70.6 Å². The van der Waals surface area contributed by atoms with E-state index in [1.54, 1.807) is 0 Å². The molecule has 0 atom stereocenters. The zero-order valence-electron chi connectivity index (χ0n) is 15.5. The highest BCUT2D eigenvalue weighted by Crippen LogP contribution is 2.19. The molecule has 0 saturated heterocycles. The van der Waals surface area contributed by atoms with Crippen LogP contribution in [-0.2, 0) is 13.1 Å². The lowest BCUT2D eigenvalue weighted by molar-refractivity contribution is 0.0941. The highest BCUT2D eigenvalue weighted by molar-refractivity contribution is 5.93. The molecule has 4 heteroatoms. The molecule has 2 rings (SSSR count).